The van der Waals surface area contributed by atoms with Crippen molar-refractivity contribution in [1.82, 2.24) is 14.8 Å². The Balaban J connectivity index is 2.06. The Morgan fingerprint density at radius 1 is 1.65 bits per heavy atom. The molecule has 0 aromatic carbocycles. The summed E-state index contributed by atoms with van der Waals surface area (Å²) in [5.41, 5.74) is -0.682. The van der Waals surface area contributed by atoms with E-state index in [-0.39, 0.29) is 6.10 Å². The first-order valence-corrected chi connectivity index (χ1v) is 6.29. The number of aryl methyl sites for hydroxylation is 1. The predicted octanol–water partition coefficient (Wildman–Crippen LogP) is 1.16. The van der Waals surface area contributed by atoms with Crippen LogP contribution < -0.4 is 0 Å². The van der Waals surface area contributed by atoms with Gasteiger partial charge in [-0.05, 0) is 26.2 Å². The second-order valence-electron chi connectivity index (χ2n) is 4.85. The molecule has 2 rings (SSSR count). The lowest BCUT2D eigenvalue weighted by Gasteiger charge is -2.35. The van der Waals surface area contributed by atoms with Gasteiger partial charge in [-0.1, -0.05) is 0 Å². The summed E-state index contributed by atoms with van der Waals surface area (Å²) < 4.78 is 7.20. The zero-order chi connectivity index (χ0) is 12.3. The molecule has 0 aliphatic heterocycles. The van der Waals surface area contributed by atoms with E-state index >= 15 is 0 Å². The van der Waals surface area contributed by atoms with Gasteiger partial charge in [0.1, 0.15) is 12.2 Å². The first kappa shape index (κ1) is 12.5. The van der Waals surface area contributed by atoms with Gasteiger partial charge >= 0.3 is 0 Å². The van der Waals surface area contributed by atoms with Crippen LogP contribution in [0.1, 0.15) is 38.4 Å². The van der Waals surface area contributed by atoms with E-state index in [1.165, 1.54) is 0 Å². The van der Waals surface area contributed by atoms with Crippen LogP contribution in [0.3, 0.4) is 0 Å². The van der Waals surface area contributed by atoms with E-state index in [1.807, 2.05) is 11.6 Å². The van der Waals surface area contributed by atoms with Crippen molar-refractivity contribution in [2.24, 2.45) is 0 Å². The molecule has 0 bridgehead atoms. The lowest BCUT2D eigenvalue weighted by Crippen LogP contribution is -2.40. The molecule has 1 aliphatic rings. The van der Waals surface area contributed by atoms with Gasteiger partial charge in [-0.3, -0.25) is 4.68 Å². The van der Waals surface area contributed by atoms with Crippen molar-refractivity contribution >= 4 is 0 Å². The van der Waals surface area contributed by atoms with Crippen molar-refractivity contribution in [2.45, 2.75) is 57.3 Å². The molecule has 0 spiro atoms. The number of nitrogens with zero attached hydrogens (tertiary/aromatic N) is 3. The Bertz CT molecular complexity index is 366. The quantitative estimate of drug-likeness (QED) is 0.856. The number of rotatable bonds is 4. The summed E-state index contributed by atoms with van der Waals surface area (Å²) in [4.78, 5) is 4.23. The largest absolute Gasteiger partial charge is 0.389 e. The Hall–Kier alpha value is -0.940. The molecule has 5 heteroatoms. The molecule has 0 radical (unpaired) electrons. The Morgan fingerprint density at radius 3 is 3.18 bits per heavy atom. The summed E-state index contributed by atoms with van der Waals surface area (Å²) in [6, 6.07) is 0. The normalized spacial score (nSPS) is 29.5. The van der Waals surface area contributed by atoms with Crippen LogP contribution in [-0.2, 0) is 17.7 Å². The Kier molecular flexibility index (Phi) is 3.79. The third-order valence-electron chi connectivity index (χ3n) is 3.59. The lowest BCUT2D eigenvalue weighted by atomic mass is 9.80. The molecular weight excluding hydrogens is 218 g/mol. The minimum Gasteiger partial charge on any atom is -0.389 e. The van der Waals surface area contributed by atoms with E-state index in [9.17, 15) is 5.11 Å². The van der Waals surface area contributed by atoms with E-state index in [2.05, 4.69) is 10.1 Å². The molecule has 1 saturated carbocycles. The van der Waals surface area contributed by atoms with Crippen molar-refractivity contribution in [3.8, 4) is 0 Å². The molecule has 1 fully saturated rings. The van der Waals surface area contributed by atoms with Crippen LogP contribution in [0.4, 0.5) is 0 Å². The van der Waals surface area contributed by atoms with Gasteiger partial charge in [0, 0.05) is 26.5 Å². The van der Waals surface area contributed by atoms with E-state index < -0.39 is 5.60 Å². The molecule has 2 unspecified atom stereocenters. The third kappa shape index (κ3) is 2.84. The summed E-state index contributed by atoms with van der Waals surface area (Å²) >= 11 is 0. The molecule has 1 aromatic heterocycles. The maximum absolute atomic E-state index is 10.6. The fourth-order valence-electron chi connectivity index (χ4n) is 2.63. The van der Waals surface area contributed by atoms with Crippen LogP contribution in [0.5, 0.6) is 0 Å². The topological polar surface area (TPSA) is 60.2 Å². The van der Waals surface area contributed by atoms with E-state index in [0.29, 0.717) is 12.8 Å². The van der Waals surface area contributed by atoms with Crippen LogP contribution in [0.2, 0.25) is 0 Å². The maximum Gasteiger partial charge on any atom is 0.138 e. The molecule has 1 aromatic rings. The number of hydrogen-bond donors (Lipinski definition) is 1. The number of aromatic nitrogens is 3. The van der Waals surface area contributed by atoms with Crippen molar-refractivity contribution in [2.75, 3.05) is 7.11 Å². The van der Waals surface area contributed by atoms with Crippen molar-refractivity contribution in [1.29, 1.82) is 0 Å². The highest BCUT2D eigenvalue weighted by Crippen LogP contribution is 2.32. The van der Waals surface area contributed by atoms with E-state index in [4.69, 9.17) is 4.74 Å². The summed E-state index contributed by atoms with van der Waals surface area (Å²) in [6.07, 6.45) is 5.86. The highest BCUT2D eigenvalue weighted by Gasteiger charge is 2.35. The first-order chi connectivity index (χ1) is 8.17. The Morgan fingerprint density at radius 2 is 2.47 bits per heavy atom. The van der Waals surface area contributed by atoms with Crippen molar-refractivity contribution in [3.05, 3.63) is 12.2 Å². The summed E-state index contributed by atoms with van der Waals surface area (Å²) in [5.74, 6) is 0.867. The van der Waals surface area contributed by atoms with Crippen molar-refractivity contribution in [3.63, 3.8) is 0 Å². The number of methoxy groups -OCH3 is 1. The van der Waals surface area contributed by atoms with Crippen molar-refractivity contribution < 1.29 is 9.84 Å². The smallest absolute Gasteiger partial charge is 0.138 e. The van der Waals surface area contributed by atoms with Gasteiger partial charge in [-0.15, -0.1) is 0 Å². The number of aliphatic hydroxyl groups is 1. The van der Waals surface area contributed by atoms with Gasteiger partial charge in [-0.2, -0.15) is 5.10 Å². The van der Waals surface area contributed by atoms with Gasteiger partial charge in [0.25, 0.3) is 0 Å². The van der Waals surface area contributed by atoms with Gasteiger partial charge < -0.3 is 9.84 Å². The van der Waals surface area contributed by atoms with E-state index in [0.717, 1.165) is 31.6 Å². The van der Waals surface area contributed by atoms with Crippen LogP contribution in [0.15, 0.2) is 6.33 Å². The average molecular weight is 239 g/mol. The molecule has 1 N–H and O–H groups in total. The molecule has 1 aliphatic carbocycles. The summed E-state index contributed by atoms with van der Waals surface area (Å²) in [6.45, 7) is 2.82. The van der Waals surface area contributed by atoms with Gasteiger partial charge in [0.15, 0.2) is 0 Å². The maximum atomic E-state index is 10.6. The fraction of sp³-hybridized carbons (Fsp3) is 0.833. The molecule has 96 valence electrons. The van der Waals surface area contributed by atoms with Crippen LogP contribution in [0, 0.1) is 0 Å². The molecule has 0 saturated heterocycles. The Labute approximate surface area is 102 Å². The highest BCUT2D eigenvalue weighted by atomic mass is 16.5. The van der Waals surface area contributed by atoms with Gasteiger partial charge in [0.2, 0.25) is 0 Å². The number of ether oxygens (including phenoxy) is 1. The van der Waals surface area contributed by atoms with Crippen LogP contribution >= 0.6 is 0 Å². The van der Waals surface area contributed by atoms with Crippen LogP contribution in [-0.4, -0.2) is 38.7 Å². The third-order valence-corrected chi connectivity index (χ3v) is 3.59. The first-order valence-electron chi connectivity index (χ1n) is 6.29. The molecular formula is C12H21N3O2. The molecule has 17 heavy (non-hydrogen) atoms. The molecule has 1 heterocycles. The summed E-state index contributed by atoms with van der Waals surface area (Å²) in [7, 11) is 1.71. The highest BCUT2D eigenvalue weighted by molar-refractivity contribution is 4.97. The lowest BCUT2D eigenvalue weighted by molar-refractivity contribution is -0.0596. The fourth-order valence-corrected chi connectivity index (χ4v) is 2.63. The second-order valence-corrected chi connectivity index (χ2v) is 4.85. The zero-order valence-electron chi connectivity index (χ0n) is 10.6. The standard InChI is InChI=1S/C12H21N3O2/c1-3-15-11(13-9-14-15)8-12(16)6-4-5-10(7-12)17-2/h9-10,16H,3-8H2,1-2H3. The average Bonchev–Trinajstić information content (AvgIpc) is 2.75. The molecule has 2 atom stereocenters. The van der Waals surface area contributed by atoms with Gasteiger partial charge in [0.05, 0.1) is 11.7 Å². The van der Waals surface area contributed by atoms with Crippen LogP contribution in [0.25, 0.3) is 0 Å². The molecule has 5 nitrogen and oxygen atoms in total. The zero-order valence-corrected chi connectivity index (χ0v) is 10.6. The van der Waals surface area contributed by atoms with Gasteiger partial charge in [-0.25, -0.2) is 4.98 Å². The summed E-state index contributed by atoms with van der Waals surface area (Å²) in [5, 5.41) is 14.7. The SMILES string of the molecule is CCn1ncnc1CC1(O)CCCC(OC)C1. The minimum atomic E-state index is -0.682. The molecule has 0 amide bonds. The predicted molar refractivity (Wildman–Crippen MR) is 63.6 cm³/mol. The number of hydrogen-bond acceptors (Lipinski definition) is 4. The minimum absolute atomic E-state index is 0.173. The monoisotopic (exact) mass is 239 g/mol. The van der Waals surface area contributed by atoms with E-state index in [1.54, 1.807) is 13.4 Å². The second kappa shape index (κ2) is 5.14.